The summed E-state index contributed by atoms with van der Waals surface area (Å²) < 4.78 is 43.4. The SMILES string of the molecule is CCOC(=O)c1csc(CN(C(=O)Nc2cccc(C(F)(F)F)c2)C2CC2)n1. The summed E-state index contributed by atoms with van der Waals surface area (Å²) in [4.78, 5) is 30.0. The Kier molecular flexibility index (Phi) is 5.87. The molecule has 1 aromatic heterocycles. The molecule has 0 unspecified atom stereocenters. The zero-order valence-electron chi connectivity index (χ0n) is 15.0. The Bertz CT molecular complexity index is 865. The number of hydrogen-bond acceptors (Lipinski definition) is 5. The van der Waals surface area contributed by atoms with Crippen LogP contribution in [0.1, 0.15) is 40.8 Å². The summed E-state index contributed by atoms with van der Waals surface area (Å²) >= 11 is 1.22. The van der Waals surface area contributed by atoms with Gasteiger partial charge in [0.15, 0.2) is 5.69 Å². The predicted octanol–water partition coefficient (Wildman–Crippen LogP) is 4.54. The number of esters is 1. The van der Waals surface area contributed by atoms with E-state index in [9.17, 15) is 22.8 Å². The number of benzene rings is 1. The topological polar surface area (TPSA) is 71.5 Å². The van der Waals surface area contributed by atoms with Crippen LogP contribution in [0.3, 0.4) is 0 Å². The molecule has 2 aromatic rings. The number of carbonyl (C=O) groups is 2. The molecule has 1 N–H and O–H groups in total. The van der Waals surface area contributed by atoms with Crippen LogP contribution < -0.4 is 5.32 Å². The van der Waals surface area contributed by atoms with Gasteiger partial charge in [0.1, 0.15) is 5.01 Å². The van der Waals surface area contributed by atoms with Gasteiger partial charge in [0.25, 0.3) is 0 Å². The first kappa shape index (κ1) is 20.1. The fraction of sp³-hybridized carbons (Fsp3) is 0.389. The van der Waals surface area contributed by atoms with Crippen molar-refractivity contribution < 1.29 is 27.5 Å². The number of hydrogen-bond donors (Lipinski definition) is 1. The second kappa shape index (κ2) is 8.17. The van der Waals surface area contributed by atoms with Gasteiger partial charge in [-0.05, 0) is 38.0 Å². The van der Waals surface area contributed by atoms with Crippen molar-refractivity contribution in [2.24, 2.45) is 0 Å². The van der Waals surface area contributed by atoms with Crippen LogP contribution in [-0.2, 0) is 17.5 Å². The lowest BCUT2D eigenvalue weighted by Crippen LogP contribution is -2.36. The van der Waals surface area contributed by atoms with Crippen molar-refractivity contribution in [3.05, 3.63) is 45.9 Å². The Morgan fingerprint density at radius 1 is 1.36 bits per heavy atom. The fourth-order valence-electron chi connectivity index (χ4n) is 2.55. The van der Waals surface area contributed by atoms with Crippen molar-refractivity contribution in [1.29, 1.82) is 0 Å². The maximum absolute atomic E-state index is 12.8. The number of carbonyl (C=O) groups excluding carboxylic acids is 2. The standard InChI is InChI=1S/C18H18F3N3O3S/c1-2-27-16(25)14-10-28-15(23-14)9-24(13-6-7-13)17(26)22-12-5-3-4-11(8-12)18(19,20)21/h3-5,8,10,13H,2,6-7,9H2,1H3,(H,22,26). The number of urea groups is 1. The van der Waals surface area contributed by atoms with E-state index in [4.69, 9.17) is 4.74 Å². The van der Waals surface area contributed by atoms with Gasteiger partial charge in [-0.25, -0.2) is 14.6 Å². The Labute approximate surface area is 163 Å². The van der Waals surface area contributed by atoms with E-state index in [1.165, 1.54) is 28.4 Å². The van der Waals surface area contributed by atoms with Gasteiger partial charge >= 0.3 is 18.2 Å². The molecule has 1 aliphatic rings. The van der Waals surface area contributed by atoms with Crippen molar-refractivity contribution >= 4 is 29.0 Å². The number of amides is 2. The molecule has 3 rings (SSSR count). The number of halogens is 3. The van der Waals surface area contributed by atoms with Gasteiger partial charge in [0, 0.05) is 17.1 Å². The molecule has 1 fully saturated rings. The van der Waals surface area contributed by atoms with Gasteiger partial charge in [-0.1, -0.05) is 6.07 Å². The normalized spacial score (nSPS) is 13.9. The predicted molar refractivity (Wildman–Crippen MR) is 97.1 cm³/mol. The highest BCUT2D eigenvalue weighted by Gasteiger charge is 2.34. The smallest absolute Gasteiger partial charge is 0.416 e. The van der Waals surface area contributed by atoms with Gasteiger partial charge < -0.3 is 15.0 Å². The molecule has 10 heteroatoms. The third kappa shape index (κ3) is 5.00. The van der Waals surface area contributed by atoms with E-state index in [2.05, 4.69) is 10.3 Å². The minimum Gasteiger partial charge on any atom is -0.461 e. The molecule has 2 amide bonds. The number of aromatic nitrogens is 1. The second-order valence-electron chi connectivity index (χ2n) is 6.21. The zero-order chi connectivity index (χ0) is 20.3. The Balaban J connectivity index is 1.69. The van der Waals surface area contributed by atoms with E-state index in [0.717, 1.165) is 25.0 Å². The maximum Gasteiger partial charge on any atom is 0.416 e. The van der Waals surface area contributed by atoms with E-state index >= 15 is 0 Å². The largest absolute Gasteiger partial charge is 0.461 e. The molecule has 0 spiro atoms. The van der Waals surface area contributed by atoms with Crippen LogP contribution in [0.2, 0.25) is 0 Å². The number of alkyl halides is 3. The summed E-state index contributed by atoms with van der Waals surface area (Å²) in [5.41, 5.74) is -0.588. The average Bonchev–Trinajstić information content (AvgIpc) is 3.36. The third-order valence-electron chi connectivity index (χ3n) is 4.03. The summed E-state index contributed by atoms with van der Waals surface area (Å²) in [7, 11) is 0. The summed E-state index contributed by atoms with van der Waals surface area (Å²) in [6, 6.07) is 3.98. The molecule has 0 radical (unpaired) electrons. The van der Waals surface area contributed by atoms with Crippen LogP contribution in [0.5, 0.6) is 0 Å². The van der Waals surface area contributed by atoms with Gasteiger partial charge in [0.05, 0.1) is 18.7 Å². The van der Waals surface area contributed by atoms with E-state index in [0.29, 0.717) is 5.01 Å². The number of nitrogens with one attached hydrogen (secondary N) is 1. The number of nitrogens with zero attached hydrogens (tertiary/aromatic N) is 2. The lowest BCUT2D eigenvalue weighted by atomic mass is 10.2. The molecular formula is C18H18F3N3O3S. The summed E-state index contributed by atoms with van der Waals surface area (Å²) in [5.74, 6) is -0.531. The summed E-state index contributed by atoms with van der Waals surface area (Å²) in [6.07, 6.45) is -2.86. The van der Waals surface area contributed by atoms with Crippen LogP contribution in [0.4, 0.5) is 23.7 Å². The van der Waals surface area contributed by atoms with Gasteiger partial charge in [-0.3, -0.25) is 0 Å². The highest BCUT2D eigenvalue weighted by atomic mass is 32.1. The minimum atomic E-state index is -4.48. The van der Waals surface area contributed by atoms with Crippen molar-refractivity contribution in [3.8, 4) is 0 Å². The number of anilines is 1. The summed E-state index contributed by atoms with van der Waals surface area (Å²) in [6.45, 7) is 2.09. The molecule has 1 saturated carbocycles. The molecule has 0 atom stereocenters. The number of ether oxygens (including phenoxy) is 1. The molecule has 1 aliphatic carbocycles. The highest BCUT2D eigenvalue weighted by molar-refractivity contribution is 7.09. The van der Waals surface area contributed by atoms with Gasteiger partial charge in [-0.15, -0.1) is 11.3 Å². The van der Waals surface area contributed by atoms with Crippen molar-refractivity contribution in [2.45, 2.75) is 38.5 Å². The average molecular weight is 413 g/mol. The Morgan fingerprint density at radius 2 is 2.11 bits per heavy atom. The molecule has 0 bridgehead atoms. The van der Waals surface area contributed by atoms with Crippen LogP contribution >= 0.6 is 11.3 Å². The second-order valence-corrected chi connectivity index (χ2v) is 7.16. The zero-order valence-corrected chi connectivity index (χ0v) is 15.8. The quantitative estimate of drug-likeness (QED) is 0.706. The molecular weight excluding hydrogens is 395 g/mol. The third-order valence-corrected chi connectivity index (χ3v) is 4.87. The van der Waals surface area contributed by atoms with Crippen LogP contribution in [0.15, 0.2) is 29.6 Å². The van der Waals surface area contributed by atoms with Crippen LogP contribution in [0, 0.1) is 0 Å². The van der Waals surface area contributed by atoms with E-state index in [1.807, 2.05) is 0 Å². The molecule has 150 valence electrons. The number of rotatable bonds is 6. The first-order valence-corrected chi connectivity index (χ1v) is 9.52. The van der Waals surface area contributed by atoms with Crippen LogP contribution in [-0.4, -0.2) is 34.5 Å². The molecule has 0 aliphatic heterocycles. The lowest BCUT2D eigenvalue weighted by molar-refractivity contribution is -0.137. The fourth-order valence-corrected chi connectivity index (χ4v) is 3.31. The molecule has 0 saturated heterocycles. The maximum atomic E-state index is 12.8. The van der Waals surface area contributed by atoms with E-state index in [1.54, 1.807) is 12.3 Å². The van der Waals surface area contributed by atoms with Crippen molar-refractivity contribution in [3.63, 3.8) is 0 Å². The molecule has 6 nitrogen and oxygen atoms in total. The van der Waals surface area contributed by atoms with Crippen molar-refractivity contribution in [1.82, 2.24) is 9.88 Å². The Morgan fingerprint density at radius 3 is 2.75 bits per heavy atom. The van der Waals surface area contributed by atoms with Crippen molar-refractivity contribution in [2.75, 3.05) is 11.9 Å². The van der Waals surface area contributed by atoms with Gasteiger partial charge in [-0.2, -0.15) is 13.2 Å². The highest BCUT2D eigenvalue weighted by Crippen LogP contribution is 2.32. The first-order valence-electron chi connectivity index (χ1n) is 8.64. The molecule has 1 aromatic carbocycles. The molecule has 28 heavy (non-hydrogen) atoms. The Hall–Kier alpha value is -2.62. The summed E-state index contributed by atoms with van der Waals surface area (Å²) in [5, 5.41) is 4.63. The van der Waals surface area contributed by atoms with E-state index in [-0.39, 0.29) is 30.6 Å². The van der Waals surface area contributed by atoms with Gasteiger partial charge in [0.2, 0.25) is 0 Å². The molecule has 1 heterocycles. The number of thiazole rings is 1. The minimum absolute atomic E-state index is 0.000687. The lowest BCUT2D eigenvalue weighted by Gasteiger charge is -2.22. The monoisotopic (exact) mass is 413 g/mol. The van der Waals surface area contributed by atoms with E-state index < -0.39 is 23.7 Å². The van der Waals surface area contributed by atoms with Crippen LogP contribution in [0.25, 0.3) is 0 Å². The first-order chi connectivity index (χ1) is 13.3.